The van der Waals surface area contributed by atoms with Gasteiger partial charge in [0.25, 0.3) is 5.92 Å². The van der Waals surface area contributed by atoms with E-state index in [0.29, 0.717) is 13.1 Å². The summed E-state index contributed by atoms with van der Waals surface area (Å²) in [5.41, 5.74) is 2.20. The first-order chi connectivity index (χ1) is 9.55. The van der Waals surface area contributed by atoms with Gasteiger partial charge in [0.1, 0.15) is 0 Å². The number of piperidine rings is 1. The van der Waals surface area contributed by atoms with Crippen LogP contribution >= 0.6 is 0 Å². The molecule has 2 aromatic rings. The fraction of sp³-hybridized carbons (Fsp3) is 0.438. The van der Waals surface area contributed by atoms with Gasteiger partial charge in [-0.15, -0.1) is 0 Å². The van der Waals surface area contributed by atoms with Crippen molar-refractivity contribution < 1.29 is 8.78 Å². The molecule has 1 aromatic heterocycles. The molecule has 1 saturated heterocycles. The molecular weight excluding hydrogens is 258 g/mol. The molecule has 4 heteroatoms. The molecule has 2 heterocycles. The summed E-state index contributed by atoms with van der Waals surface area (Å²) in [6.45, 7) is 3.66. The maximum atomic E-state index is 13.2. The molecule has 2 nitrogen and oxygen atoms in total. The Hall–Kier alpha value is -1.55. The van der Waals surface area contributed by atoms with Crippen LogP contribution in [-0.2, 0) is 6.54 Å². The molecule has 3 rings (SSSR count). The molecule has 1 fully saturated rings. The summed E-state index contributed by atoms with van der Waals surface area (Å²) in [6, 6.07) is 8.17. The molecule has 1 aromatic carbocycles. The second-order valence-electron chi connectivity index (χ2n) is 5.54. The number of halogens is 2. The molecular formula is C16H18F2N2. The lowest BCUT2D eigenvalue weighted by molar-refractivity contribution is -0.0565. The second-order valence-corrected chi connectivity index (χ2v) is 5.54. The molecule has 1 aliphatic rings. The van der Waals surface area contributed by atoms with Crippen LogP contribution in [-0.4, -0.2) is 28.9 Å². The molecule has 0 unspecified atom stereocenters. The lowest BCUT2D eigenvalue weighted by Crippen LogP contribution is -2.38. The highest BCUT2D eigenvalue weighted by Gasteiger charge is 2.33. The number of fused-ring (bicyclic) bond motifs is 1. The summed E-state index contributed by atoms with van der Waals surface area (Å²) >= 11 is 0. The van der Waals surface area contributed by atoms with E-state index in [-0.39, 0.29) is 12.8 Å². The first-order valence-corrected chi connectivity index (χ1v) is 6.99. The van der Waals surface area contributed by atoms with Gasteiger partial charge < -0.3 is 0 Å². The first kappa shape index (κ1) is 13.4. The zero-order valence-electron chi connectivity index (χ0n) is 11.6. The molecule has 1 aliphatic heterocycles. The molecule has 0 radical (unpaired) electrons. The van der Waals surface area contributed by atoms with Crippen LogP contribution < -0.4 is 0 Å². The van der Waals surface area contributed by atoms with Gasteiger partial charge in [0.15, 0.2) is 0 Å². The fourth-order valence-electron chi connectivity index (χ4n) is 2.84. The maximum absolute atomic E-state index is 13.2. The van der Waals surface area contributed by atoms with Gasteiger partial charge in [-0.3, -0.25) is 9.88 Å². The summed E-state index contributed by atoms with van der Waals surface area (Å²) in [7, 11) is 0. The third-order valence-electron chi connectivity index (χ3n) is 4.08. The van der Waals surface area contributed by atoms with Crippen LogP contribution in [0, 0.1) is 6.92 Å². The Balaban J connectivity index is 1.83. The highest BCUT2D eigenvalue weighted by atomic mass is 19.3. The summed E-state index contributed by atoms with van der Waals surface area (Å²) in [5.74, 6) is -2.48. The van der Waals surface area contributed by atoms with Gasteiger partial charge in [-0.1, -0.05) is 18.2 Å². The minimum absolute atomic E-state index is 0.0294. The van der Waals surface area contributed by atoms with Gasteiger partial charge in [-0.25, -0.2) is 8.78 Å². The zero-order valence-corrected chi connectivity index (χ0v) is 11.6. The Morgan fingerprint density at radius 1 is 1.15 bits per heavy atom. The van der Waals surface area contributed by atoms with Crippen molar-refractivity contribution in [3.05, 3.63) is 41.7 Å². The van der Waals surface area contributed by atoms with E-state index in [4.69, 9.17) is 0 Å². The van der Waals surface area contributed by atoms with Crippen LogP contribution in [0.15, 0.2) is 30.5 Å². The van der Waals surface area contributed by atoms with Crippen molar-refractivity contribution in [1.82, 2.24) is 9.88 Å². The van der Waals surface area contributed by atoms with E-state index in [0.717, 1.165) is 17.6 Å². The molecule has 20 heavy (non-hydrogen) atoms. The van der Waals surface area contributed by atoms with E-state index < -0.39 is 5.92 Å². The van der Waals surface area contributed by atoms with Crippen molar-refractivity contribution in [3.8, 4) is 0 Å². The zero-order chi connectivity index (χ0) is 14.2. The number of aromatic nitrogens is 1. The van der Waals surface area contributed by atoms with Gasteiger partial charge in [0, 0.05) is 49.8 Å². The molecule has 0 saturated carbocycles. The van der Waals surface area contributed by atoms with Crippen molar-refractivity contribution in [2.24, 2.45) is 0 Å². The van der Waals surface area contributed by atoms with Crippen molar-refractivity contribution in [1.29, 1.82) is 0 Å². The van der Waals surface area contributed by atoms with Crippen LogP contribution in [0.4, 0.5) is 8.78 Å². The lowest BCUT2D eigenvalue weighted by atomic mass is 10.0. The number of alkyl halides is 2. The van der Waals surface area contributed by atoms with Crippen molar-refractivity contribution in [3.63, 3.8) is 0 Å². The quantitative estimate of drug-likeness (QED) is 0.830. The van der Waals surface area contributed by atoms with E-state index in [2.05, 4.69) is 22.0 Å². The number of pyridine rings is 1. The Labute approximate surface area is 117 Å². The topological polar surface area (TPSA) is 16.1 Å². The van der Waals surface area contributed by atoms with Gasteiger partial charge in [0.2, 0.25) is 0 Å². The predicted molar refractivity (Wildman–Crippen MR) is 75.9 cm³/mol. The normalized spacial score (nSPS) is 19.4. The molecule has 0 aliphatic carbocycles. The average molecular weight is 276 g/mol. The standard InChI is InChI=1S/C16H18F2N2/c1-12-14-4-2-3-13(15(14)5-8-19-12)11-20-9-6-16(17,18)7-10-20/h2-5,8H,6-7,9-11H2,1H3. The van der Waals surface area contributed by atoms with Crippen molar-refractivity contribution in [2.75, 3.05) is 13.1 Å². The molecule has 0 amide bonds. The fourth-order valence-corrected chi connectivity index (χ4v) is 2.84. The van der Waals surface area contributed by atoms with Crippen LogP contribution in [0.5, 0.6) is 0 Å². The molecule has 0 N–H and O–H groups in total. The minimum atomic E-state index is -2.48. The van der Waals surface area contributed by atoms with E-state index in [1.54, 1.807) is 0 Å². The summed E-state index contributed by atoms with van der Waals surface area (Å²) in [6.07, 6.45) is 1.75. The van der Waals surface area contributed by atoms with E-state index in [1.807, 2.05) is 25.3 Å². The maximum Gasteiger partial charge on any atom is 0.250 e. The van der Waals surface area contributed by atoms with Gasteiger partial charge >= 0.3 is 0 Å². The Bertz CT molecular complexity index is 615. The number of hydrogen-bond donors (Lipinski definition) is 0. The van der Waals surface area contributed by atoms with Crippen LogP contribution in [0.1, 0.15) is 24.1 Å². The number of likely N-dealkylation sites (tertiary alicyclic amines) is 1. The molecule has 106 valence electrons. The molecule has 0 bridgehead atoms. The number of aryl methyl sites for hydroxylation is 1. The van der Waals surface area contributed by atoms with Crippen molar-refractivity contribution >= 4 is 10.8 Å². The Morgan fingerprint density at radius 3 is 2.65 bits per heavy atom. The second kappa shape index (κ2) is 5.09. The number of benzene rings is 1. The SMILES string of the molecule is Cc1nccc2c(CN3CCC(F)(F)CC3)cccc12. The van der Waals surface area contributed by atoms with Gasteiger partial charge in [-0.05, 0) is 23.9 Å². The summed E-state index contributed by atoms with van der Waals surface area (Å²) in [5, 5.41) is 2.32. The molecule has 0 spiro atoms. The third-order valence-corrected chi connectivity index (χ3v) is 4.08. The lowest BCUT2D eigenvalue weighted by Gasteiger charge is -2.31. The number of nitrogens with zero attached hydrogens (tertiary/aromatic N) is 2. The first-order valence-electron chi connectivity index (χ1n) is 6.99. The van der Waals surface area contributed by atoms with Crippen molar-refractivity contribution in [2.45, 2.75) is 32.2 Å². The monoisotopic (exact) mass is 276 g/mol. The van der Waals surface area contributed by atoms with Gasteiger partial charge in [0.05, 0.1) is 0 Å². The highest BCUT2D eigenvalue weighted by molar-refractivity contribution is 5.87. The summed E-state index contributed by atoms with van der Waals surface area (Å²) < 4.78 is 26.4. The smallest absolute Gasteiger partial charge is 0.250 e. The summed E-state index contributed by atoms with van der Waals surface area (Å²) in [4.78, 5) is 6.41. The highest BCUT2D eigenvalue weighted by Crippen LogP contribution is 2.29. The van der Waals surface area contributed by atoms with E-state index >= 15 is 0 Å². The van der Waals surface area contributed by atoms with Gasteiger partial charge in [-0.2, -0.15) is 0 Å². The Kier molecular flexibility index (Phi) is 3.42. The third kappa shape index (κ3) is 2.66. The number of rotatable bonds is 2. The number of hydrogen-bond acceptors (Lipinski definition) is 2. The van der Waals surface area contributed by atoms with Crippen LogP contribution in [0.2, 0.25) is 0 Å². The van der Waals surface area contributed by atoms with E-state index in [1.165, 1.54) is 10.9 Å². The predicted octanol–water partition coefficient (Wildman–Crippen LogP) is 3.77. The molecule has 0 atom stereocenters. The Morgan fingerprint density at radius 2 is 1.90 bits per heavy atom. The minimum Gasteiger partial charge on any atom is -0.299 e. The average Bonchev–Trinajstić information content (AvgIpc) is 2.42. The van der Waals surface area contributed by atoms with Crippen LogP contribution in [0.25, 0.3) is 10.8 Å². The van der Waals surface area contributed by atoms with Crippen LogP contribution in [0.3, 0.4) is 0 Å². The largest absolute Gasteiger partial charge is 0.299 e. The van der Waals surface area contributed by atoms with E-state index in [9.17, 15) is 8.78 Å².